The zero-order valence-electron chi connectivity index (χ0n) is 15.1. The molecule has 0 aliphatic heterocycles. The molecule has 0 atom stereocenters. The molecule has 27 heavy (non-hydrogen) atoms. The van der Waals surface area contributed by atoms with E-state index < -0.39 is 5.91 Å². The smallest absolute Gasteiger partial charge is 0.275 e. The molecule has 0 saturated carbocycles. The fourth-order valence-electron chi connectivity index (χ4n) is 2.70. The lowest BCUT2D eigenvalue weighted by molar-refractivity contribution is -0.117. The number of nitrogens with one attached hydrogen (secondary N) is 1. The highest BCUT2D eigenvalue weighted by Gasteiger charge is 2.16. The Morgan fingerprint density at radius 2 is 1.89 bits per heavy atom. The van der Waals surface area contributed by atoms with Gasteiger partial charge in [0.15, 0.2) is 5.82 Å². The number of carbonyl (C=O) groups is 1. The molecule has 0 fully saturated rings. The molecule has 3 rings (SSSR count). The first-order valence-electron chi connectivity index (χ1n) is 8.30. The van der Waals surface area contributed by atoms with Gasteiger partial charge in [0.1, 0.15) is 6.54 Å². The molecule has 3 aromatic rings. The third-order valence-corrected chi connectivity index (χ3v) is 4.51. The Morgan fingerprint density at radius 1 is 1.15 bits per heavy atom. The average Bonchev–Trinajstić information content (AvgIpc) is 2.60. The van der Waals surface area contributed by atoms with Crippen LogP contribution in [-0.4, -0.2) is 25.5 Å². The predicted octanol–water partition coefficient (Wildman–Crippen LogP) is 2.01. The maximum Gasteiger partial charge on any atom is 0.275 e. The molecule has 0 aliphatic rings. The van der Waals surface area contributed by atoms with Gasteiger partial charge in [-0.3, -0.25) is 14.4 Å². The summed E-state index contributed by atoms with van der Waals surface area (Å²) in [6.45, 7) is 3.70. The van der Waals surface area contributed by atoms with E-state index in [1.807, 2.05) is 19.9 Å². The standard InChI is InChI=1S/C18H18BrN5O3/c1-10(2)17-13-8-11(19)4-5-12(13)18(27)24(22-17)9-15(25)20-14-6-7-16(26)23(3)21-14/h4-8,10H,9H2,1-3H3,(H,20,21,25). The van der Waals surface area contributed by atoms with Crippen molar-refractivity contribution in [3.8, 4) is 0 Å². The van der Waals surface area contributed by atoms with Gasteiger partial charge in [-0.15, -0.1) is 0 Å². The predicted molar refractivity (Wildman–Crippen MR) is 106 cm³/mol. The average molecular weight is 432 g/mol. The largest absolute Gasteiger partial charge is 0.308 e. The summed E-state index contributed by atoms with van der Waals surface area (Å²) in [5.74, 6) is -0.159. The molecule has 9 heteroatoms. The fourth-order valence-corrected chi connectivity index (χ4v) is 3.07. The molecule has 140 valence electrons. The number of aryl methyl sites for hydroxylation is 1. The molecule has 1 amide bonds. The van der Waals surface area contributed by atoms with Crippen LogP contribution in [-0.2, 0) is 18.4 Å². The summed E-state index contributed by atoms with van der Waals surface area (Å²) in [4.78, 5) is 36.5. The van der Waals surface area contributed by atoms with Crippen molar-refractivity contribution >= 4 is 38.4 Å². The van der Waals surface area contributed by atoms with Crippen LogP contribution in [0.25, 0.3) is 10.8 Å². The van der Waals surface area contributed by atoms with Crippen LogP contribution in [0.15, 0.2) is 44.4 Å². The number of anilines is 1. The molecule has 1 N–H and O–H groups in total. The van der Waals surface area contributed by atoms with E-state index in [2.05, 4.69) is 31.4 Å². The maximum absolute atomic E-state index is 12.7. The highest BCUT2D eigenvalue weighted by atomic mass is 79.9. The summed E-state index contributed by atoms with van der Waals surface area (Å²) in [5.41, 5.74) is 0.109. The third-order valence-electron chi connectivity index (χ3n) is 4.02. The van der Waals surface area contributed by atoms with Gasteiger partial charge in [0.2, 0.25) is 5.91 Å². The summed E-state index contributed by atoms with van der Waals surface area (Å²) in [5, 5.41) is 12.2. The minimum Gasteiger partial charge on any atom is -0.308 e. The van der Waals surface area contributed by atoms with Gasteiger partial charge in [0.05, 0.1) is 11.1 Å². The van der Waals surface area contributed by atoms with Crippen molar-refractivity contribution in [1.82, 2.24) is 19.6 Å². The van der Waals surface area contributed by atoms with Crippen LogP contribution in [0.5, 0.6) is 0 Å². The molecule has 0 spiro atoms. The molecule has 1 aromatic carbocycles. The summed E-state index contributed by atoms with van der Waals surface area (Å²) in [7, 11) is 1.49. The number of amides is 1. The number of benzene rings is 1. The van der Waals surface area contributed by atoms with Crippen molar-refractivity contribution in [2.45, 2.75) is 26.3 Å². The van der Waals surface area contributed by atoms with Gasteiger partial charge < -0.3 is 5.32 Å². The van der Waals surface area contributed by atoms with Gasteiger partial charge in [0, 0.05) is 23.0 Å². The van der Waals surface area contributed by atoms with E-state index in [-0.39, 0.29) is 29.4 Å². The van der Waals surface area contributed by atoms with Crippen molar-refractivity contribution in [1.29, 1.82) is 0 Å². The SMILES string of the molecule is CC(C)c1nn(CC(=O)Nc2ccc(=O)n(C)n2)c(=O)c2ccc(Br)cc12. The topological polar surface area (TPSA) is 98.9 Å². The monoisotopic (exact) mass is 431 g/mol. The number of fused-ring (bicyclic) bond motifs is 1. The minimum atomic E-state index is -0.457. The number of aromatic nitrogens is 4. The molecule has 0 unspecified atom stereocenters. The first-order valence-corrected chi connectivity index (χ1v) is 9.10. The second-order valence-corrected chi connectivity index (χ2v) is 7.34. The molecular formula is C18H18BrN5O3. The summed E-state index contributed by atoms with van der Waals surface area (Å²) < 4.78 is 3.13. The first-order chi connectivity index (χ1) is 12.8. The quantitative estimate of drug-likeness (QED) is 0.680. The van der Waals surface area contributed by atoms with Gasteiger partial charge >= 0.3 is 0 Å². The van der Waals surface area contributed by atoms with Gasteiger partial charge in [-0.2, -0.15) is 10.2 Å². The van der Waals surface area contributed by atoms with Gasteiger partial charge in [0.25, 0.3) is 11.1 Å². The zero-order valence-corrected chi connectivity index (χ0v) is 16.6. The van der Waals surface area contributed by atoms with E-state index in [4.69, 9.17) is 0 Å². The molecule has 0 aliphatic carbocycles. The lowest BCUT2D eigenvalue weighted by Crippen LogP contribution is -2.31. The Labute approximate surface area is 162 Å². The minimum absolute atomic E-state index is 0.0713. The van der Waals surface area contributed by atoms with Crippen LogP contribution in [0.3, 0.4) is 0 Å². The van der Waals surface area contributed by atoms with E-state index in [9.17, 15) is 14.4 Å². The Bertz CT molecular complexity index is 1150. The van der Waals surface area contributed by atoms with Crippen LogP contribution in [0.4, 0.5) is 5.82 Å². The van der Waals surface area contributed by atoms with Crippen LogP contribution < -0.4 is 16.4 Å². The van der Waals surface area contributed by atoms with Crippen LogP contribution in [0, 0.1) is 0 Å². The number of nitrogens with zero attached hydrogens (tertiary/aromatic N) is 4. The lowest BCUT2D eigenvalue weighted by atomic mass is 10.0. The van der Waals surface area contributed by atoms with Crippen LogP contribution in [0.1, 0.15) is 25.5 Å². The molecular weight excluding hydrogens is 414 g/mol. The molecule has 0 radical (unpaired) electrons. The van der Waals surface area contributed by atoms with E-state index in [0.717, 1.165) is 24.9 Å². The van der Waals surface area contributed by atoms with Crippen molar-refractivity contribution in [2.24, 2.45) is 7.05 Å². The van der Waals surface area contributed by atoms with E-state index in [1.54, 1.807) is 12.1 Å². The van der Waals surface area contributed by atoms with Crippen molar-refractivity contribution in [2.75, 3.05) is 5.32 Å². The van der Waals surface area contributed by atoms with Gasteiger partial charge in [-0.25, -0.2) is 9.36 Å². The third kappa shape index (κ3) is 3.97. The van der Waals surface area contributed by atoms with E-state index in [0.29, 0.717) is 5.39 Å². The normalized spacial score (nSPS) is 11.1. The van der Waals surface area contributed by atoms with Crippen LogP contribution >= 0.6 is 15.9 Å². The molecule has 0 saturated heterocycles. The summed E-state index contributed by atoms with van der Waals surface area (Å²) in [6, 6.07) is 8.08. The van der Waals surface area contributed by atoms with Crippen molar-refractivity contribution in [3.63, 3.8) is 0 Å². The molecule has 0 bridgehead atoms. The summed E-state index contributed by atoms with van der Waals surface area (Å²) in [6.07, 6.45) is 0. The number of halogens is 1. The lowest BCUT2D eigenvalue weighted by Gasteiger charge is -2.13. The second kappa shape index (κ2) is 7.43. The molecule has 8 nitrogen and oxygen atoms in total. The Morgan fingerprint density at radius 3 is 2.56 bits per heavy atom. The van der Waals surface area contributed by atoms with E-state index >= 15 is 0 Å². The van der Waals surface area contributed by atoms with Crippen molar-refractivity contribution < 1.29 is 4.79 Å². The molecule has 2 aromatic heterocycles. The zero-order chi connectivity index (χ0) is 19.7. The highest BCUT2D eigenvalue weighted by molar-refractivity contribution is 9.10. The van der Waals surface area contributed by atoms with Gasteiger partial charge in [-0.1, -0.05) is 29.8 Å². The number of carbonyl (C=O) groups excluding carboxylic acids is 1. The maximum atomic E-state index is 12.7. The fraction of sp³-hybridized carbons (Fsp3) is 0.278. The Hall–Kier alpha value is -2.81. The van der Waals surface area contributed by atoms with Crippen LogP contribution in [0.2, 0.25) is 0 Å². The number of hydrogen-bond acceptors (Lipinski definition) is 5. The van der Waals surface area contributed by atoms with Gasteiger partial charge in [-0.05, 0) is 30.2 Å². The summed E-state index contributed by atoms with van der Waals surface area (Å²) >= 11 is 3.42. The number of hydrogen-bond donors (Lipinski definition) is 1. The molecule has 2 heterocycles. The first kappa shape index (κ1) is 19.0. The van der Waals surface area contributed by atoms with Crippen molar-refractivity contribution in [3.05, 3.63) is 61.2 Å². The Kier molecular flexibility index (Phi) is 5.22. The highest BCUT2D eigenvalue weighted by Crippen LogP contribution is 2.24. The van der Waals surface area contributed by atoms with E-state index in [1.165, 1.54) is 19.2 Å². The Balaban J connectivity index is 1.96. The number of rotatable bonds is 4. The second-order valence-electron chi connectivity index (χ2n) is 6.42.